The number of alkyl halides is 3. The summed E-state index contributed by atoms with van der Waals surface area (Å²) in [4.78, 5) is 7.91. The zero-order chi connectivity index (χ0) is 13.0. The molecule has 0 N–H and O–H groups in total. The van der Waals surface area contributed by atoms with Crippen LogP contribution in [-0.2, 0) is 11.9 Å². The number of hydrogen-bond donors (Lipinski definition) is 0. The van der Waals surface area contributed by atoms with Gasteiger partial charge in [-0.1, -0.05) is 30.0 Å². The minimum Gasteiger partial charge on any atom is -0.231 e. The molecule has 18 heavy (non-hydrogen) atoms. The maximum Gasteiger partial charge on any atom is 0.416 e. The number of benzene rings is 1. The van der Waals surface area contributed by atoms with Crippen LogP contribution >= 0.6 is 11.8 Å². The van der Waals surface area contributed by atoms with Crippen LogP contribution in [0.4, 0.5) is 13.2 Å². The molecule has 2 aromatic rings. The maximum atomic E-state index is 12.7. The van der Waals surface area contributed by atoms with Crippen molar-refractivity contribution >= 4 is 11.8 Å². The van der Waals surface area contributed by atoms with Gasteiger partial charge in [-0.05, 0) is 17.7 Å². The first-order chi connectivity index (χ1) is 8.57. The number of rotatable bonds is 3. The zero-order valence-corrected chi connectivity index (χ0v) is 10.0. The van der Waals surface area contributed by atoms with Crippen molar-refractivity contribution in [1.82, 2.24) is 9.97 Å². The topological polar surface area (TPSA) is 25.8 Å². The fourth-order valence-electron chi connectivity index (χ4n) is 1.42. The molecule has 0 fully saturated rings. The lowest BCUT2D eigenvalue weighted by molar-refractivity contribution is -0.138. The summed E-state index contributed by atoms with van der Waals surface area (Å²) in [5, 5.41) is 0.467. The van der Waals surface area contributed by atoms with Gasteiger partial charge in [0.2, 0.25) is 0 Å². The molecule has 1 heterocycles. The van der Waals surface area contributed by atoms with Gasteiger partial charge in [-0.2, -0.15) is 13.2 Å². The molecule has 0 spiro atoms. The van der Waals surface area contributed by atoms with Crippen LogP contribution < -0.4 is 0 Å². The number of halogens is 3. The SMILES string of the molecule is FC(F)(F)c1ccccc1CSc1ncccn1. The summed E-state index contributed by atoms with van der Waals surface area (Å²) >= 11 is 1.18. The van der Waals surface area contributed by atoms with E-state index in [0.717, 1.165) is 6.07 Å². The van der Waals surface area contributed by atoms with Crippen LogP contribution in [0.15, 0.2) is 47.9 Å². The van der Waals surface area contributed by atoms with Crippen LogP contribution in [0.1, 0.15) is 11.1 Å². The fourth-order valence-corrected chi connectivity index (χ4v) is 2.23. The Labute approximate surface area is 106 Å². The van der Waals surface area contributed by atoms with Crippen molar-refractivity contribution in [2.24, 2.45) is 0 Å². The molecule has 0 atom stereocenters. The second-order valence-electron chi connectivity index (χ2n) is 3.47. The van der Waals surface area contributed by atoms with E-state index in [2.05, 4.69) is 9.97 Å². The Morgan fingerprint density at radius 3 is 2.33 bits per heavy atom. The van der Waals surface area contributed by atoms with Crippen molar-refractivity contribution in [3.05, 3.63) is 53.9 Å². The first-order valence-electron chi connectivity index (χ1n) is 5.12. The Hall–Kier alpha value is -1.56. The summed E-state index contributed by atoms with van der Waals surface area (Å²) < 4.78 is 38.2. The quantitative estimate of drug-likeness (QED) is 0.627. The molecule has 0 aliphatic heterocycles. The van der Waals surface area contributed by atoms with E-state index in [1.54, 1.807) is 24.5 Å². The lowest BCUT2D eigenvalue weighted by atomic mass is 10.1. The molecule has 0 bridgehead atoms. The van der Waals surface area contributed by atoms with Crippen molar-refractivity contribution < 1.29 is 13.2 Å². The molecular formula is C12H9F3N2S. The van der Waals surface area contributed by atoms with Gasteiger partial charge in [-0.25, -0.2) is 9.97 Å². The van der Waals surface area contributed by atoms with Crippen LogP contribution in [0, 0.1) is 0 Å². The summed E-state index contributed by atoms with van der Waals surface area (Å²) in [6.07, 6.45) is -1.20. The highest BCUT2D eigenvalue weighted by Gasteiger charge is 2.32. The molecule has 1 aromatic heterocycles. The fraction of sp³-hybridized carbons (Fsp3) is 0.167. The zero-order valence-electron chi connectivity index (χ0n) is 9.19. The molecule has 1 aromatic carbocycles. The minimum absolute atomic E-state index is 0.194. The molecule has 0 saturated carbocycles. The second-order valence-corrected chi connectivity index (χ2v) is 4.42. The lowest BCUT2D eigenvalue weighted by Crippen LogP contribution is -2.08. The maximum absolute atomic E-state index is 12.7. The summed E-state index contributed by atoms with van der Waals surface area (Å²) in [5.74, 6) is 0.194. The lowest BCUT2D eigenvalue weighted by Gasteiger charge is -2.11. The van der Waals surface area contributed by atoms with Gasteiger partial charge < -0.3 is 0 Å². The average molecular weight is 270 g/mol. The Balaban J connectivity index is 2.15. The molecule has 0 saturated heterocycles. The second kappa shape index (κ2) is 5.39. The first-order valence-corrected chi connectivity index (χ1v) is 6.11. The van der Waals surface area contributed by atoms with Gasteiger partial charge in [0.05, 0.1) is 5.56 Å². The largest absolute Gasteiger partial charge is 0.416 e. The number of nitrogens with zero attached hydrogens (tertiary/aromatic N) is 2. The Morgan fingerprint density at radius 2 is 1.67 bits per heavy atom. The first kappa shape index (κ1) is 12.9. The third-order valence-electron chi connectivity index (χ3n) is 2.22. The van der Waals surface area contributed by atoms with Gasteiger partial charge in [0.15, 0.2) is 5.16 Å². The number of thioether (sulfide) groups is 1. The van der Waals surface area contributed by atoms with E-state index in [1.807, 2.05) is 0 Å². The van der Waals surface area contributed by atoms with E-state index in [4.69, 9.17) is 0 Å². The predicted molar refractivity (Wildman–Crippen MR) is 63.0 cm³/mol. The van der Waals surface area contributed by atoms with Crippen molar-refractivity contribution in [2.75, 3.05) is 0 Å². The van der Waals surface area contributed by atoms with Crippen molar-refractivity contribution in [2.45, 2.75) is 17.1 Å². The highest BCUT2D eigenvalue weighted by Crippen LogP contribution is 2.34. The highest BCUT2D eigenvalue weighted by molar-refractivity contribution is 7.98. The molecule has 0 aliphatic rings. The van der Waals surface area contributed by atoms with E-state index in [1.165, 1.54) is 23.9 Å². The minimum atomic E-state index is -4.32. The van der Waals surface area contributed by atoms with Crippen LogP contribution in [0.25, 0.3) is 0 Å². The number of hydrogen-bond acceptors (Lipinski definition) is 3. The van der Waals surface area contributed by atoms with Crippen molar-refractivity contribution in [3.63, 3.8) is 0 Å². The van der Waals surface area contributed by atoms with Gasteiger partial charge in [0.1, 0.15) is 0 Å². The van der Waals surface area contributed by atoms with Crippen molar-refractivity contribution in [3.8, 4) is 0 Å². The summed E-state index contributed by atoms with van der Waals surface area (Å²) in [7, 11) is 0. The molecule has 6 heteroatoms. The van der Waals surface area contributed by atoms with E-state index in [0.29, 0.717) is 5.16 Å². The third-order valence-corrected chi connectivity index (χ3v) is 3.15. The van der Waals surface area contributed by atoms with Crippen LogP contribution in [0.2, 0.25) is 0 Å². The van der Waals surface area contributed by atoms with Gasteiger partial charge in [-0.15, -0.1) is 0 Å². The third kappa shape index (κ3) is 3.22. The molecular weight excluding hydrogens is 261 g/mol. The molecule has 0 aliphatic carbocycles. The van der Waals surface area contributed by atoms with E-state index >= 15 is 0 Å². The molecule has 2 nitrogen and oxygen atoms in total. The molecule has 0 radical (unpaired) electrons. The summed E-state index contributed by atoms with van der Waals surface area (Å²) in [6, 6.07) is 7.20. The van der Waals surface area contributed by atoms with Gasteiger partial charge >= 0.3 is 6.18 Å². The molecule has 0 amide bonds. The van der Waals surface area contributed by atoms with Gasteiger partial charge in [-0.3, -0.25) is 0 Å². The number of aromatic nitrogens is 2. The summed E-state index contributed by atoms with van der Waals surface area (Å²) in [6.45, 7) is 0. The monoisotopic (exact) mass is 270 g/mol. The average Bonchev–Trinajstić information content (AvgIpc) is 2.37. The van der Waals surface area contributed by atoms with E-state index in [9.17, 15) is 13.2 Å². The Bertz CT molecular complexity index is 514. The van der Waals surface area contributed by atoms with Crippen LogP contribution in [0.5, 0.6) is 0 Å². The molecule has 94 valence electrons. The Kier molecular flexibility index (Phi) is 3.86. The highest BCUT2D eigenvalue weighted by atomic mass is 32.2. The van der Waals surface area contributed by atoms with Crippen LogP contribution in [-0.4, -0.2) is 9.97 Å². The Morgan fingerprint density at radius 1 is 1.00 bits per heavy atom. The standard InChI is InChI=1S/C12H9F3N2S/c13-12(14,15)10-5-2-1-4-9(10)8-18-11-16-6-3-7-17-11/h1-7H,8H2. The smallest absolute Gasteiger partial charge is 0.231 e. The predicted octanol–water partition coefficient (Wildman–Crippen LogP) is 3.79. The van der Waals surface area contributed by atoms with E-state index < -0.39 is 11.7 Å². The van der Waals surface area contributed by atoms with Gasteiger partial charge in [0, 0.05) is 18.1 Å². The van der Waals surface area contributed by atoms with E-state index in [-0.39, 0.29) is 11.3 Å². The molecule has 0 unspecified atom stereocenters. The molecule has 2 rings (SSSR count). The van der Waals surface area contributed by atoms with Crippen LogP contribution in [0.3, 0.4) is 0 Å². The van der Waals surface area contributed by atoms with Crippen molar-refractivity contribution in [1.29, 1.82) is 0 Å². The normalized spacial score (nSPS) is 11.5. The summed E-state index contributed by atoms with van der Waals surface area (Å²) in [5.41, 5.74) is -0.365. The van der Waals surface area contributed by atoms with Gasteiger partial charge in [0.25, 0.3) is 0 Å².